The molecule has 1 rings (SSSR count). The average Bonchev–Trinajstić information content (AvgIpc) is 2.34. The molecule has 0 saturated heterocycles. The first kappa shape index (κ1) is 14.7. The molecule has 0 bridgehead atoms. The Morgan fingerprint density at radius 3 is 2.39 bits per heavy atom. The third-order valence-corrected chi connectivity index (χ3v) is 2.62. The van der Waals surface area contributed by atoms with Gasteiger partial charge in [-0.15, -0.1) is 0 Å². The SMILES string of the molecule is C[C@H](COCOC(=O)C(C)(C)C)c1ccccc1. The lowest BCUT2D eigenvalue weighted by Gasteiger charge is -2.17. The van der Waals surface area contributed by atoms with Gasteiger partial charge in [0, 0.05) is 5.92 Å². The first-order valence-corrected chi connectivity index (χ1v) is 6.21. The van der Waals surface area contributed by atoms with Crippen LogP contribution >= 0.6 is 0 Å². The summed E-state index contributed by atoms with van der Waals surface area (Å²) in [4.78, 5) is 11.5. The second-order valence-electron chi connectivity index (χ2n) is 5.48. The van der Waals surface area contributed by atoms with Crippen molar-refractivity contribution < 1.29 is 14.3 Å². The number of carbonyl (C=O) groups excluding carboxylic acids is 1. The van der Waals surface area contributed by atoms with Crippen LogP contribution in [0, 0.1) is 5.41 Å². The molecular weight excluding hydrogens is 228 g/mol. The molecule has 0 aromatic heterocycles. The van der Waals surface area contributed by atoms with E-state index >= 15 is 0 Å². The summed E-state index contributed by atoms with van der Waals surface area (Å²) in [6, 6.07) is 10.1. The van der Waals surface area contributed by atoms with Crippen molar-refractivity contribution in [2.45, 2.75) is 33.6 Å². The quantitative estimate of drug-likeness (QED) is 0.456. The maximum Gasteiger partial charge on any atom is 0.313 e. The Balaban J connectivity index is 2.25. The Hall–Kier alpha value is -1.35. The van der Waals surface area contributed by atoms with Crippen LogP contribution in [0.5, 0.6) is 0 Å². The molecule has 0 N–H and O–H groups in total. The summed E-state index contributed by atoms with van der Waals surface area (Å²) < 4.78 is 10.4. The molecule has 1 aromatic carbocycles. The largest absolute Gasteiger partial charge is 0.438 e. The van der Waals surface area contributed by atoms with Gasteiger partial charge in [-0.25, -0.2) is 0 Å². The van der Waals surface area contributed by atoms with E-state index < -0.39 is 5.41 Å². The molecule has 3 heteroatoms. The van der Waals surface area contributed by atoms with Crippen LogP contribution in [-0.2, 0) is 14.3 Å². The third-order valence-electron chi connectivity index (χ3n) is 2.62. The second-order valence-corrected chi connectivity index (χ2v) is 5.48. The summed E-state index contributed by atoms with van der Waals surface area (Å²) in [5.74, 6) is 0.0504. The van der Waals surface area contributed by atoms with Crippen molar-refractivity contribution in [1.29, 1.82) is 0 Å². The molecule has 18 heavy (non-hydrogen) atoms. The van der Waals surface area contributed by atoms with Gasteiger partial charge in [-0.3, -0.25) is 4.79 Å². The van der Waals surface area contributed by atoms with Crippen LogP contribution in [0.4, 0.5) is 0 Å². The van der Waals surface area contributed by atoms with Crippen molar-refractivity contribution in [3.8, 4) is 0 Å². The molecule has 0 saturated carbocycles. The van der Waals surface area contributed by atoms with Gasteiger partial charge >= 0.3 is 5.97 Å². The Kier molecular flexibility index (Phi) is 5.35. The van der Waals surface area contributed by atoms with Crippen LogP contribution in [0.25, 0.3) is 0 Å². The van der Waals surface area contributed by atoms with E-state index in [1.165, 1.54) is 5.56 Å². The predicted octanol–water partition coefficient (Wildman–Crippen LogP) is 3.35. The van der Waals surface area contributed by atoms with Crippen molar-refractivity contribution in [3.63, 3.8) is 0 Å². The minimum absolute atomic E-state index is 0.0211. The zero-order chi connectivity index (χ0) is 13.6. The molecule has 0 amide bonds. The topological polar surface area (TPSA) is 35.5 Å². The van der Waals surface area contributed by atoms with Crippen LogP contribution in [-0.4, -0.2) is 19.4 Å². The number of carbonyl (C=O) groups is 1. The van der Waals surface area contributed by atoms with Crippen LogP contribution in [0.2, 0.25) is 0 Å². The van der Waals surface area contributed by atoms with Gasteiger partial charge in [0.15, 0.2) is 6.79 Å². The van der Waals surface area contributed by atoms with Gasteiger partial charge in [0.1, 0.15) is 0 Å². The molecule has 0 aliphatic rings. The number of hydrogen-bond acceptors (Lipinski definition) is 3. The Morgan fingerprint density at radius 2 is 1.83 bits per heavy atom. The van der Waals surface area contributed by atoms with E-state index in [1.807, 2.05) is 39.0 Å². The molecule has 0 unspecified atom stereocenters. The second kappa shape index (κ2) is 6.55. The highest BCUT2D eigenvalue weighted by atomic mass is 16.7. The maximum absolute atomic E-state index is 11.5. The number of esters is 1. The number of rotatable bonds is 5. The molecule has 0 fully saturated rings. The van der Waals surface area contributed by atoms with E-state index in [-0.39, 0.29) is 12.8 Å². The molecule has 1 atom stereocenters. The number of hydrogen-bond donors (Lipinski definition) is 0. The molecule has 3 nitrogen and oxygen atoms in total. The first-order chi connectivity index (χ1) is 8.41. The number of benzene rings is 1. The highest BCUT2D eigenvalue weighted by Gasteiger charge is 2.22. The standard InChI is InChI=1S/C15H22O3/c1-12(13-8-6-5-7-9-13)10-17-11-18-14(16)15(2,3)4/h5-9,12H,10-11H2,1-4H3/t12-/m1/s1. The Morgan fingerprint density at radius 1 is 1.22 bits per heavy atom. The lowest BCUT2D eigenvalue weighted by atomic mass is 9.98. The minimum Gasteiger partial charge on any atom is -0.438 e. The maximum atomic E-state index is 11.5. The summed E-state index contributed by atoms with van der Waals surface area (Å²) >= 11 is 0. The highest BCUT2D eigenvalue weighted by molar-refractivity contribution is 5.75. The zero-order valence-corrected chi connectivity index (χ0v) is 11.6. The highest BCUT2D eigenvalue weighted by Crippen LogP contribution is 2.16. The van der Waals surface area contributed by atoms with Gasteiger partial charge in [0.2, 0.25) is 0 Å². The summed E-state index contributed by atoms with van der Waals surface area (Å²) in [6.45, 7) is 8.11. The van der Waals surface area contributed by atoms with Crippen molar-refractivity contribution in [2.75, 3.05) is 13.4 Å². The first-order valence-electron chi connectivity index (χ1n) is 6.21. The van der Waals surface area contributed by atoms with Crippen LogP contribution in [0.3, 0.4) is 0 Å². The lowest BCUT2D eigenvalue weighted by molar-refractivity contribution is -0.166. The van der Waals surface area contributed by atoms with Crippen molar-refractivity contribution in [2.24, 2.45) is 5.41 Å². The Labute approximate surface area is 109 Å². The van der Waals surface area contributed by atoms with Crippen molar-refractivity contribution in [1.82, 2.24) is 0 Å². The molecule has 0 heterocycles. The number of ether oxygens (including phenoxy) is 2. The van der Waals surface area contributed by atoms with Gasteiger partial charge in [0.05, 0.1) is 12.0 Å². The van der Waals surface area contributed by atoms with E-state index in [0.29, 0.717) is 12.5 Å². The average molecular weight is 250 g/mol. The molecule has 0 radical (unpaired) electrons. The van der Waals surface area contributed by atoms with Gasteiger partial charge in [-0.05, 0) is 26.3 Å². The fourth-order valence-corrected chi connectivity index (χ4v) is 1.41. The third kappa shape index (κ3) is 4.88. The zero-order valence-electron chi connectivity index (χ0n) is 11.6. The molecule has 100 valence electrons. The van der Waals surface area contributed by atoms with E-state index in [0.717, 1.165) is 0 Å². The van der Waals surface area contributed by atoms with Gasteiger partial charge in [0.25, 0.3) is 0 Å². The van der Waals surface area contributed by atoms with Gasteiger partial charge < -0.3 is 9.47 Å². The van der Waals surface area contributed by atoms with E-state index in [2.05, 4.69) is 19.1 Å². The van der Waals surface area contributed by atoms with E-state index in [9.17, 15) is 4.79 Å². The minimum atomic E-state index is -0.478. The smallest absolute Gasteiger partial charge is 0.313 e. The van der Waals surface area contributed by atoms with E-state index in [4.69, 9.17) is 9.47 Å². The van der Waals surface area contributed by atoms with Crippen LogP contribution in [0.15, 0.2) is 30.3 Å². The monoisotopic (exact) mass is 250 g/mol. The fourth-order valence-electron chi connectivity index (χ4n) is 1.41. The molecule has 0 aliphatic heterocycles. The van der Waals surface area contributed by atoms with Crippen LogP contribution < -0.4 is 0 Å². The normalized spacial score (nSPS) is 13.1. The Bertz CT molecular complexity index is 365. The summed E-state index contributed by atoms with van der Waals surface area (Å²) in [7, 11) is 0. The lowest BCUT2D eigenvalue weighted by Crippen LogP contribution is -2.24. The van der Waals surface area contributed by atoms with Crippen molar-refractivity contribution >= 4 is 5.97 Å². The molecule has 0 aliphatic carbocycles. The predicted molar refractivity (Wildman–Crippen MR) is 71.2 cm³/mol. The summed E-state index contributed by atoms with van der Waals surface area (Å²) in [5.41, 5.74) is 0.744. The molecular formula is C15H22O3. The summed E-state index contributed by atoms with van der Waals surface area (Å²) in [6.07, 6.45) is 0. The van der Waals surface area contributed by atoms with E-state index in [1.54, 1.807) is 0 Å². The fraction of sp³-hybridized carbons (Fsp3) is 0.533. The molecule has 1 aromatic rings. The van der Waals surface area contributed by atoms with Gasteiger partial charge in [-0.1, -0.05) is 37.3 Å². The van der Waals surface area contributed by atoms with Crippen molar-refractivity contribution in [3.05, 3.63) is 35.9 Å². The van der Waals surface area contributed by atoms with Gasteiger partial charge in [-0.2, -0.15) is 0 Å². The van der Waals surface area contributed by atoms with Crippen LogP contribution in [0.1, 0.15) is 39.2 Å². The summed E-state index contributed by atoms with van der Waals surface area (Å²) in [5, 5.41) is 0. The molecule has 0 spiro atoms.